The molecule has 14 nitrogen and oxygen atoms in total. The molecule has 4 aromatic heterocycles. The molecule has 8 aromatic rings. The minimum atomic E-state index is -0.332. The van der Waals surface area contributed by atoms with Crippen LogP contribution in [0.3, 0.4) is 0 Å². The quantitative estimate of drug-likeness (QED) is 0.0698. The van der Waals surface area contributed by atoms with Crippen LogP contribution in [-0.4, -0.2) is 89.0 Å². The number of fused-ring (bicyclic) bond motifs is 2. The van der Waals surface area contributed by atoms with Gasteiger partial charge in [-0.1, -0.05) is 36.4 Å². The number of rotatable bonds is 12. The average Bonchev–Trinajstić information content (AvgIpc) is 4.21. The van der Waals surface area contributed by atoms with E-state index in [0.29, 0.717) is 57.5 Å². The Morgan fingerprint density at radius 1 is 0.606 bits per heavy atom. The van der Waals surface area contributed by atoms with Crippen molar-refractivity contribution >= 4 is 39.9 Å². The molecule has 2 fully saturated rings. The molecule has 0 saturated carbocycles. The number of hydrogen-bond donors (Lipinski definition) is 1. The molecule has 0 amide bonds. The molecular formula is C52H53N7O7. The minimum absolute atomic E-state index is 0.0485. The smallest absolute Gasteiger partial charge is 0.337 e. The van der Waals surface area contributed by atoms with Crippen molar-refractivity contribution in [2.75, 3.05) is 53.2 Å². The highest BCUT2D eigenvalue weighted by atomic mass is 16.5. The summed E-state index contributed by atoms with van der Waals surface area (Å²) in [5.74, 6) is 2.29. The van der Waals surface area contributed by atoms with Crippen molar-refractivity contribution in [2.45, 2.75) is 45.2 Å². The number of aromatic nitrogens is 4. The Morgan fingerprint density at radius 2 is 1.12 bits per heavy atom. The van der Waals surface area contributed by atoms with E-state index in [0.717, 1.165) is 78.6 Å². The summed E-state index contributed by atoms with van der Waals surface area (Å²) in [5, 5.41) is 0. The highest BCUT2D eigenvalue weighted by Gasteiger charge is 2.19. The number of oxazole rings is 2. The number of carbonyl (C=O) groups is 2. The zero-order chi connectivity index (χ0) is 45.8. The number of benzene rings is 4. The number of nitrogens with zero attached hydrogens (tertiary/aromatic N) is 6. The van der Waals surface area contributed by atoms with Crippen LogP contribution in [0.2, 0.25) is 0 Å². The highest BCUT2D eigenvalue weighted by molar-refractivity contribution is 5.98. The molecule has 0 bridgehead atoms. The average molecular weight is 888 g/mol. The van der Waals surface area contributed by atoms with Crippen LogP contribution >= 0.6 is 0 Å². The van der Waals surface area contributed by atoms with Crippen molar-refractivity contribution in [3.63, 3.8) is 0 Å². The third-order valence-corrected chi connectivity index (χ3v) is 11.5. The lowest BCUT2D eigenvalue weighted by Crippen LogP contribution is -2.19. The molecule has 6 heterocycles. The summed E-state index contributed by atoms with van der Waals surface area (Å²) in [7, 11) is 4.67. The molecular weight excluding hydrogens is 835 g/mol. The summed E-state index contributed by atoms with van der Waals surface area (Å²) < 4.78 is 27.1. The maximum atomic E-state index is 13.0. The van der Waals surface area contributed by atoms with Gasteiger partial charge in [-0.25, -0.2) is 14.8 Å². The predicted molar refractivity (Wildman–Crippen MR) is 253 cm³/mol. The van der Waals surface area contributed by atoms with Gasteiger partial charge in [0.15, 0.2) is 28.2 Å². The maximum absolute atomic E-state index is 13.0. The number of nitrogen functional groups attached to an aromatic ring is 1. The molecule has 0 radical (unpaired) electrons. The Morgan fingerprint density at radius 3 is 1.64 bits per heavy atom. The number of likely N-dealkylation sites (tertiary alicyclic amines) is 2. The Hall–Kier alpha value is -7.42. The first-order valence-electron chi connectivity index (χ1n) is 22.0. The second kappa shape index (κ2) is 21.5. The molecule has 66 heavy (non-hydrogen) atoms. The summed E-state index contributed by atoms with van der Waals surface area (Å²) in [5.41, 5.74) is 14.9. The van der Waals surface area contributed by atoms with Gasteiger partial charge in [-0.15, -0.1) is 0 Å². The Bertz CT molecular complexity index is 2850. The summed E-state index contributed by atoms with van der Waals surface area (Å²) in [6, 6.07) is 33.7. The van der Waals surface area contributed by atoms with E-state index < -0.39 is 0 Å². The number of nitrogens with two attached hydrogens (primary N) is 1. The molecule has 2 aliphatic heterocycles. The number of esters is 1. The van der Waals surface area contributed by atoms with Crippen molar-refractivity contribution in [1.29, 1.82) is 0 Å². The fourth-order valence-electron chi connectivity index (χ4n) is 8.09. The summed E-state index contributed by atoms with van der Waals surface area (Å²) in [6.45, 7) is 6.26. The minimum Gasteiger partial charge on any atom is -0.496 e. The van der Waals surface area contributed by atoms with Gasteiger partial charge in [-0.3, -0.25) is 14.6 Å². The molecule has 4 aromatic carbocycles. The van der Waals surface area contributed by atoms with Gasteiger partial charge in [0.25, 0.3) is 0 Å². The monoisotopic (exact) mass is 887 g/mol. The van der Waals surface area contributed by atoms with Gasteiger partial charge in [0, 0.05) is 65.4 Å². The van der Waals surface area contributed by atoms with Crippen LogP contribution in [0, 0.1) is 0 Å². The van der Waals surface area contributed by atoms with E-state index in [-0.39, 0.29) is 11.8 Å². The molecule has 0 atom stereocenters. The Balaban J connectivity index is 0.000000147. The predicted octanol–water partition coefficient (Wildman–Crippen LogP) is 9.47. The van der Waals surface area contributed by atoms with Crippen LogP contribution in [0.4, 0.5) is 5.69 Å². The lowest BCUT2D eigenvalue weighted by atomic mass is 10.00. The highest BCUT2D eigenvalue weighted by Crippen LogP contribution is 2.28. The van der Waals surface area contributed by atoms with E-state index in [9.17, 15) is 9.59 Å². The van der Waals surface area contributed by atoms with Gasteiger partial charge in [0.1, 0.15) is 11.5 Å². The number of ketones is 1. The first-order chi connectivity index (χ1) is 32.3. The molecule has 338 valence electrons. The third kappa shape index (κ3) is 11.3. The van der Waals surface area contributed by atoms with Gasteiger partial charge >= 0.3 is 5.97 Å². The van der Waals surface area contributed by atoms with Crippen molar-refractivity contribution in [1.82, 2.24) is 29.7 Å². The number of ether oxygens (including phenoxy) is 3. The van der Waals surface area contributed by atoms with Crippen LogP contribution in [-0.2, 0) is 24.2 Å². The topological polar surface area (TPSA) is 172 Å². The van der Waals surface area contributed by atoms with E-state index in [1.54, 1.807) is 38.7 Å². The van der Waals surface area contributed by atoms with E-state index in [2.05, 4.69) is 29.7 Å². The van der Waals surface area contributed by atoms with E-state index in [1.807, 2.05) is 97.1 Å². The van der Waals surface area contributed by atoms with Crippen molar-refractivity contribution in [3.8, 4) is 34.4 Å². The number of Topliss-reactive ketones (excluding diaryl/α,β-unsaturated/α-hetero) is 1. The van der Waals surface area contributed by atoms with Crippen molar-refractivity contribution < 1.29 is 32.6 Å². The summed E-state index contributed by atoms with van der Waals surface area (Å²) in [4.78, 5) is 46.4. The first kappa shape index (κ1) is 45.2. The number of methoxy groups -OCH3 is 3. The van der Waals surface area contributed by atoms with Gasteiger partial charge < -0.3 is 28.8 Å². The number of pyridine rings is 2. The molecule has 0 aliphatic carbocycles. The van der Waals surface area contributed by atoms with Crippen molar-refractivity contribution in [3.05, 3.63) is 149 Å². The fraction of sp³-hybridized carbons (Fsp3) is 0.269. The van der Waals surface area contributed by atoms with E-state index in [4.69, 9.17) is 28.8 Å². The molecule has 2 aliphatic rings. The van der Waals surface area contributed by atoms with Crippen molar-refractivity contribution in [2.24, 2.45) is 0 Å². The standard InChI is InChI=1S/C26H25N3O3.C14H19NO3.C12H9N3O/c1-31-24-16-19(9-10-21(24)17-29-12-2-3-13-29)22(30)15-18-6-4-7-20(14-18)26-28-25-23(32-26)8-5-11-27-25;1-17-13-9-11(14(16)18-2)5-6-12(13)10-15-7-3-4-8-15;13-9-4-1-3-8(7-9)12-15-11-10(16-12)5-2-6-14-11/h4-11,14,16H,2-3,12-13,15,17H2,1H3;5-6,9H,3-4,7-8,10H2,1-2H3;1-7H,13H2. The maximum Gasteiger partial charge on any atom is 0.337 e. The molecule has 2 saturated heterocycles. The van der Waals surface area contributed by atoms with Gasteiger partial charge in [-0.2, -0.15) is 9.97 Å². The molecule has 10 rings (SSSR count). The molecule has 0 spiro atoms. The van der Waals surface area contributed by atoms with Gasteiger partial charge in [-0.05, 0) is 130 Å². The van der Waals surface area contributed by atoms with Crippen LogP contribution in [0.15, 0.2) is 130 Å². The number of hydrogen-bond acceptors (Lipinski definition) is 14. The summed E-state index contributed by atoms with van der Waals surface area (Å²) in [6.07, 6.45) is 8.70. The normalized spacial score (nSPS) is 13.7. The molecule has 14 heteroatoms. The van der Waals surface area contributed by atoms with Crippen LogP contribution in [0.1, 0.15) is 63.1 Å². The molecule has 2 N–H and O–H groups in total. The number of anilines is 1. The largest absolute Gasteiger partial charge is 0.496 e. The van der Waals surface area contributed by atoms with Gasteiger partial charge in [0.05, 0.1) is 26.9 Å². The van der Waals surface area contributed by atoms with E-state index in [1.165, 1.54) is 32.8 Å². The van der Waals surface area contributed by atoms with Gasteiger partial charge in [0.2, 0.25) is 11.8 Å². The zero-order valence-corrected chi connectivity index (χ0v) is 37.4. The Labute approximate surface area is 383 Å². The van der Waals surface area contributed by atoms with Crippen LogP contribution < -0.4 is 15.2 Å². The summed E-state index contributed by atoms with van der Waals surface area (Å²) >= 11 is 0. The zero-order valence-electron chi connectivity index (χ0n) is 37.4. The molecule has 0 unspecified atom stereocenters. The second-order valence-corrected chi connectivity index (χ2v) is 16.1. The SMILES string of the molecule is COC(=O)c1ccc(CN2CCCC2)c(OC)c1.COc1cc(C(=O)Cc2cccc(-c3nc4ncccc4o3)c2)ccc1CN1CCCC1.Nc1cccc(-c2nc3ncccc3o2)c1. The number of carbonyl (C=O) groups excluding carboxylic acids is 2. The lowest BCUT2D eigenvalue weighted by Gasteiger charge is -2.17. The third-order valence-electron chi connectivity index (χ3n) is 11.5. The lowest BCUT2D eigenvalue weighted by molar-refractivity contribution is 0.0600. The second-order valence-electron chi connectivity index (χ2n) is 16.1. The van der Waals surface area contributed by atoms with Crippen LogP contribution in [0.5, 0.6) is 11.5 Å². The Kier molecular flexibility index (Phi) is 14.7. The van der Waals surface area contributed by atoms with E-state index >= 15 is 0 Å². The fourth-order valence-corrected chi connectivity index (χ4v) is 8.09. The van der Waals surface area contributed by atoms with Crippen LogP contribution in [0.25, 0.3) is 45.4 Å². The first-order valence-corrected chi connectivity index (χ1v) is 22.0.